The molecule has 3 atom stereocenters. The van der Waals surface area contributed by atoms with E-state index < -0.39 is 22.7 Å². The number of nitrogens with zero attached hydrogens (tertiary/aromatic N) is 6. The number of hydrogen-bond acceptors (Lipinski definition) is 6. The van der Waals surface area contributed by atoms with Crippen molar-refractivity contribution in [3.63, 3.8) is 0 Å². The van der Waals surface area contributed by atoms with Crippen molar-refractivity contribution in [3.05, 3.63) is 36.4 Å². The molecule has 1 aliphatic rings. The summed E-state index contributed by atoms with van der Waals surface area (Å²) in [6.45, 7) is 11.4. The van der Waals surface area contributed by atoms with Gasteiger partial charge in [0.15, 0.2) is 11.5 Å². The standard InChI is InChI=1S/C24H35N7O3S/c1-23(2,3)34-22(32)31(20-10-11-29(7)27-20)19-13-17(14-30-21(19)25-15-26-30)16-8-9-18(12-16)28-35(33)24(4,5)6/h10-11,13-16,18,28H,8-9,12H2,1-7H3/t16-,18+,35?/m0/s1. The lowest BCUT2D eigenvalue weighted by atomic mass is 9.98. The number of hydrogen-bond donors (Lipinski definition) is 1. The fourth-order valence-corrected chi connectivity index (χ4v) is 5.05. The number of amides is 1. The van der Waals surface area contributed by atoms with E-state index in [-0.39, 0.29) is 16.7 Å². The van der Waals surface area contributed by atoms with Gasteiger partial charge in [0.05, 0.1) is 21.4 Å². The van der Waals surface area contributed by atoms with Crippen LogP contribution in [0.4, 0.5) is 16.3 Å². The fraction of sp³-hybridized carbons (Fsp3) is 0.583. The maximum Gasteiger partial charge on any atom is 0.420 e. The highest BCUT2D eigenvalue weighted by Crippen LogP contribution is 2.38. The lowest BCUT2D eigenvalue weighted by Crippen LogP contribution is -2.38. The number of aryl methyl sites for hydroxylation is 1. The molecule has 0 saturated heterocycles. The van der Waals surface area contributed by atoms with Crippen molar-refractivity contribution in [1.29, 1.82) is 0 Å². The third kappa shape index (κ3) is 5.72. The Kier molecular flexibility index (Phi) is 6.76. The molecule has 0 spiro atoms. The second kappa shape index (κ2) is 9.34. The molecule has 1 aliphatic carbocycles. The predicted octanol–water partition coefficient (Wildman–Crippen LogP) is 4.22. The van der Waals surface area contributed by atoms with Crippen LogP contribution in [0, 0.1) is 0 Å². The average Bonchev–Trinajstić information content (AvgIpc) is 3.47. The van der Waals surface area contributed by atoms with Crippen molar-refractivity contribution in [2.75, 3.05) is 4.90 Å². The summed E-state index contributed by atoms with van der Waals surface area (Å²) in [6, 6.07) is 3.91. The van der Waals surface area contributed by atoms with E-state index in [0.717, 1.165) is 24.8 Å². The van der Waals surface area contributed by atoms with Gasteiger partial charge in [-0.05, 0) is 78.4 Å². The van der Waals surface area contributed by atoms with E-state index in [1.165, 1.54) is 11.2 Å². The fourth-order valence-electron chi connectivity index (χ4n) is 4.18. The second-order valence-electron chi connectivity index (χ2n) is 11.1. The van der Waals surface area contributed by atoms with Gasteiger partial charge in [0.2, 0.25) is 0 Å². The summed E-state index contributed by atoms with van der Waals surface area (Å²) in [5.41, 5.74) is 1.45. The van der Waals surface area contributed by atoms with Crippen LogP contribution in [0.1, 0.15) is 72.3 Å². The summed E-state index contributed by atoms with van der Waals surface area (Å²) in [5, 5.41) is 8.83. The van der Waals surface area contributed by atoms with E-state index in [0.29, 0.717) is 17.2 Å². The molecule has 10 nitrogen and oxygen atoms in total. The average molecular weight is 502 g/mol. The van der Waals surface area contributed by atoms with Gasteiger partial charge in [-0.1, -0.05) is 0 Å². The van der Waals surface area contributed by atoms with Gasteiger partial charge in [-0.3, -0.25) is 4.68 Å². The SMILES string of the molecule is Cn1ccc(N(C(=O)OC(C)(C)C)c2cc([C@H]3CC[C@@H](NS(=O)C(C)(C)C)C3)cn3ncnc23)n1. The largest absolute Gasteiger partial charge is 0.443 e. The zero-order valence-corrected chi connectivity index (χ0v) is 22.3. The number of pyridine rings is 1. The van der Waals surface area contributed by atoms with Crippen LogP contribution in [-0.2, 0) is 22.8 Å². The number of ether oxygens (including phenoxy) is 1. The molecule has 3 aromatic rings. The summed E-state index contributed by atoms with van der Waals surface area (Å²) in [7, 11) is 0.676. The molecule has 11 heteroatoms. The van der Waals surface area contributed by atoms with Gasteiger partial charge in [-0.25, -0.2) is 28.1 Å². The molecule has 190 valence electrons. The lowest BCUT2D eigenvalue weighted by Gasteiger charge is -2.27. The quantitative estimate of drug-likeness (QED) is 0.561. The Hall–Kier alpha value is -2.79. The number of anilines is 2. The maximum absolute atomic E-state index is 13.4. The minimum atomic E-state index is -1.12. The Morgan fingerprint density at radius 1 is 1.23 bits per heavy atom. The van der Waals surface area contributed by atoms with E-state index in [1.54, 1.807) is 28.5 Å². The summed E-state index contributed by atoms with van der Waals surface area (Å²) < 4.78 is 24.7. The predicted molar refractivity (Wildman–Crippen MR) is 136 cm³/mol. The molecular weight excluding hydrogens is 466 g/mol. The van der Waals surface area contributed by atoms with Gasteiger partial charge in [-0.15, -0.1) is 0 Å². The van der Waals surface area contributed by atoms with Crippen LogP contribution in [0.3, 0.4) is 0 Å². The van der Waals surface area contributed by atoms with Crippen molar-refractivity contribution in [2.45, 2.75) is 83.1 Å². The highest BCUT2D eigenvalue weighted by Gasteiger charge is 2.33. The second-order valence-corrected chi connectivity index (χ2v) is 13.1. The number of carbonyl (C=O) groups is 1. The third-order valence-corrected chi connectivity index (χ3v) is 7.52. The van der Waals surface area contributed by atoms with Crippen LogP contribution >= 0.6 is 0 Å². The molecule has 1 N–H and O–H groups in total. The highest BCUT2D eigenvalue weighted by molar-refractivity contribution is 7.84. The Morgan fingerprint density at radius 2 is 1.97 bits per heavy atom. The van der Waals surface area contributed by atoms with Gasteiger partial charge >= 0.3 is 6.09 Å². The third-order valence-electron chi connectivity index (χ3n) is 5.86. The number of aromatic nitrogens is 5. The van der Waals surface area contributed by atoms with Crippen LogP contribution < -0.4 is 9.62 Å². The van der Waals surface area contributed by atoms with Crippen LogP contribution in [0.25, 0.3) is 5.65 Å². The number of fused-ring (bicyclic) bond motifs is 1. The molecule has 1 amide bonds. The van der Waals surface area contributed by atoms with Gasteiger partial charge < -0.3 is 4.74 Å². The first-order valence-corrected chi connectivity index (χ1v) is 13.0. The molecule has 4 rings (SSSR count). The molecule has 3 heterocycles. The summed E-state index contributed by atoms with van der Waals surface area (Å²) in [5.74, 6) is 0.663. The molecule has 0 aliphatic heterocycles. The van der Waals surface area contributed by atoms with Gasteiger partial charge in [0, 0.05) is 31.5 Å². The minimum Gasteiger partial charge on any atom is -0.443 e. The highest BCUT2D eigenvalue weighted by atomic mass is 32.2. The zero-order chi connectivity index (χ0) is 25.5. The van der Waals surface area contributed by atoms with Gasteiger partial charge in [-0.2, -0.15) is 10.2 Å². The molecule has 1 unspecified atom stereocenters. The summed E-state index contributed by atoms with van der Waals surface area (Å²) in [6.07, 6.45) is 7.38. The van der Waals surface area contributed by atoms with Gasteiger partial charge in [0.1, 0.15) is 11.9 Å². The van der Waals surface area contributed by atoms with Crippen molar-refractivity contribution in [2.24, 2.45) is 7.05 Å². The monoisotopic (exact) mass is 501 g/mol. The van der Waals surface area contributed by atoms with Crippen molar-refractivity contribution in [3.8, 4) is 0 Å². The van der Waals surface area contributed by atoms with E-state index >= 15 is 0 Å². The number of rotatable bonds is 5. The Balaban J connectivity index is 1.70. The van der Waals surface area contributed by atoms with Crippen molar-refractivity contribution in [1.82, 2.24) is 29.1 Å². The maximum atomic E-state index is 13.4. The van der Waals surface area contributed by atoms with E-state index in [4.69, 9.17) is 4.74 Å². The lowest BCUT2D eigenvalue weighted by molar-refractivity contribution is 0.0598. The Morgan fingerprint density at radius 3 is 2.60 bits per heavy atom. The van der Waals surface area contributed by atoms with Gasteiger partial charge in [0.25, 0.3) is 0 Å². The molecule has 1 fully saturated rings. The molecule has 0 radical (unpaired) electrons. The zero-order valence-electron chi connectivity index (χ0n) is 21.5. The molecule has 0 aromatic carbocycles. The Labute approximate surface area is 208 Å². The van der Waals surface area contributed by atoms with Crippen LogP contribution in [-0.4, -0.2) is 51.1 Å². The van der Waals surface area contributed by atoms with Crippen molar-refractivity contribution >= 4 is 34.2 Å². The molecule has 35 heavy (non-hydrogen) atoms. The topological polar surface area (TPSA) is 107 Å². The molecular formula is C24H35N7O3S. The van der Waals surface area contributed by atoms with E-state index in [1.807, 2.05) is 53.8 Å². The first-order valence-electron chi connectivity index (χ1n) is 11.9. The first kappa shape index (κ1) is 25.3. The first-order chi connectivity index (χ1) is 16.3. The minimum absolute atomic E-state index is 0.160. The molecule has 3 aromatic heterocycles. The normalized spacial score (nSPS) is 19.7. The molecule has 0 bridgehead atoms. The van der Waals surface area contributed by atoms with Crippen LogP contribution in [0.15, 0.2) is 30.9 Å². The number of nitrogens with one attached hydrogen (secondary N) is 1. The van der Waals surface area contributed by atoms with E-state index in [9.17, 15) is 9.00 Å². The summed E-state index contributed by atoms with van der Waals surface area (Å²) in [4.78, 5) is 19.3. The number of carbonyl (C=O) groups excluding carboxylic acids is 1. The van der Waals surface area contributed by atoms with Crippen molar-refractivity contribution < 1.29 is 13.7 Å². The van der Waals surface area contributed by atoms with E-state index in [2.05, 4.69) is 19.9 Å². The Bertz CT molecular complexity index is 1240. The molecule has 1 saturated carbocycles. The summed E-state index contributed by atoms with van der Waals surface area (Å²) >= 11 is 0. The smallest absolute Gasteiger partial charge is 0.420 e. The van der Waals surface area contributed by atoms with Crippen LogP contribution in [0.5, 0.6) is 0 Å². The van der Waals surface area contributed by atoms with Crippen LogP contribution in [0.2, 0.25) is 0 Å².